The number of ether oxygens (including phenoxy) is 1. The Hall–Kier alpha value is -1.93. The average molecular weight is 338 g/mol. The Balaban J connectivity index is 2.29. The van der Waals surface area contributed by atoms with E-state index >= 15 is 0 Å². The van der Waals surface area contributed by atoms with E-state index in [9.17, 15) is 8.42 Å². The van der Waals surface area contributed by atoms with Crippen LogP contribution in [0.25, 0.3) is 0 Å². The highest BCUT2D eigenvalue weighted by molar-refractivity contribution is 7.89. The van der Waals surface area contributed by atoms with Gasteiger partial charge in [-0.25, -0.2) is 13.1 Å². The van der Waals surface area contributed by atoms with E-state index in [1.54, 1.807) is 24.5 Å². The van der Waals surface area contributed by atoms with Crippen molar-refractivity contribution in [3.63, 3.8) is 0 Å². The molecule has 1 atom stereocenters. The molecule has 1 aromatic heterocycles. The Kier molecular flexibility index (Phi) is 5.38. The van der Waals surface area contributed by atoms with Crippen molar-refractivity contribution in [2.24, 2.45) is 5.92 Å². The zero-order valence-electron chi connectivity index (χ0n) is 13.7. The molecule has 1 heterocycles. The van der Waals surface area contributed by atoms with Gasteiger partial charge in [-0.3, -0.25) is 0 Å². The summed E-state index contributed by atoms with van der Waals surface area (Å²) in [4.78, 5) is 1.61. The van der Waals surface area contributed by atoms with Gasteiger partial charge in [-0.05, 0) is 30.5 Å². The molecule has 0 fully saturated rings. The summed E-state index contributed by atoms with van der Waals surface area (Å²) in [5.41, 5.74) is 0.848. The third-order valence-corrected chi connectivity index (χ3v) is 5.06. The maximum absolute atomic E-state index is 12.8. The van der Waals surface area contributed by atoms with Crippen molar-refractivity contribution in [2.75, 3.05) is 7.11 Å². The molecule has 0 saturated carbocycles. The zero-order chi connectivity index (χ0) is 17.0. The molecule has 0 amide bonds. The zero-order valence-corrected chi connectivity index (χ0v) is 14.5. The van der Waals surface area contributed by atoms with E-state index in [-0.39, 0.29) is 16.9 Å². The third-order valence-electron chi connectivity index (χ3n) is 3.55. The molecule has 1 N–H and O–H groups in total. The number of nitrogens with zero attached hydrogens (tertiary/aromatic N) is 3. The molecule has 0 aliphatic heterocycles. The van der Waals surface area contributed by atoms with Gasteiger partial charge in [-0.15, -0.1) is 0 Å². The normalized spacial score (nSPS) is 13.3. The Bertz CT molecular complexity index is 742. The number of aryl methyl sites for hydroxylation is 1. The molecule has 1 aromatic carbocycles. The third kappa shape index (κ3) is 4.29. The molecule has 7 nitrogen and oxygen atoms in total. The van der Waals surface area contributed by atoms with Gasteiger partial charge in [0, 0.05) is 6.04 Å². The largest absolute Gasteiger partial charge is 0.495 e. The second kappa shape index (κ2) is 7.10. The Morgan fingerprint density at radius 1 is 1.26 bits per heavy atom. The van der Waals surface area contributed by atoms with Gasteiger partial charge >= 0.3 is 0 Å². The van der Waals surface area contributed by atoms with Crippen LogP contribution in [0.1, 0.15) is 19.4 Å². The fraction of sp³-hybridized carbons (Fsp3) is 0.467. The second-order valence-corrected chi connectivity index (χ2v) is 7.39. The first kappa shape index (κ1) is 17.4. The predicted octanol–water partition coefficient (Wildman–Crippen LogP) is 1.60. The minimum absolute atomic E-state index is 0.0755. The number of nitrogens with one attached hydrogen (secondary N) is 1. The molecule has 2 aromatic rings. The van der Waals surface area contributed by atoms with Crippen LogP contribution >= 0.6 is 0 Å². The number of benzene rings is 1. The van der Waals surface area contributed by atoms with Crippen LogP contribution in [-0.4, -0.2) is 36.6 Å². The topological polar surface area (TPSA) is 86.1 Å². The molecule has 0 unspecified atom stereocenters. The van der Waals surface area contributed by atoms with E-state index in [1.807, 2.05) is 26.8 Å². The first-order valence-electron chi connectivity index (χ1n) is 7.34. The minimum Gasteiger partial charge on any atom is -0.495 e. The summed E-state index contributed by atoms with van der Waals surface area (Å²) >= 11 is 0. The van der Waals surface area contributed by atoms with Crippen LogP contribution in [0, 0.1) is 12.8 Å². The number of rotatable bonds is 7. The molecule has 126 valence electrons. The fourth-order valence-electron chi connectivity index (χ4n) is 2.15. The standard InChI is InChI=1S/C15H22N4O3S/c1-11(2)13(10-19-16-7-8-17-19)18-23(20,21)15-9-12(3)5-6-14(15)22-4/h5-9,11,13,18H,10H2,1-4H3/t13-/m1/s1. The lowest BCUT2D eigenvalue weighted by molar-refractivity contribution is 0.360. The monoisotopic (exact) mass is 338 g/mol. The van der Waals surface area contributed by atoms with Crippen molar-refractivity contribution in [3.05, 3.63) is 36.2 Å². The number of sulfonamides is 1. The van der Waals surface area contributed by atoms with Gasteiger partial charge in [0.2, 0.25) is 10.0 Å². The van der Waals surface area contributed by atoms with Crippen molar-refractivity contribution in [2.45, 2.75) is 38.3 Å². The van der Waals surface area contributed by atoms with E-state index in [0.29, 0.717) is 12.3 Å². The van der Waals surface area contributed by atoms with E-state index in [2.05, 4.69) is 14.9 Å². The molecule has 0 spiro atoms. The number of methoxy groups -OCH3 is 1. The highest BCUT2D eigenvalue weighted by Gasteiger charge is 2.26. The maximum Gasteiger partial charge on any atom is 0.244 e. The van der Waals surface area contributed by atoms with Crippen LogP contribution < -0.4 is 9.46 Å². The van der Waals surface area contributed by atoms with E-state index in [0.717, 1.165) is 5.56 Å². The van der Waals surface area contributed by atoms with Crippen molar-refractivity contribution in [1.82, 2.24) is 19.7 Å². The summed E-state index contributed by atoms with van der Waals surface area (Å²) in [6, 6.07) is 4.73. The predicted molar refractivity (Wildman–Crippen MR) is 86.7 cm³/mol. The summed E-state index contributed by atoms with van der Waals surface area (Å²) < 4.78 is 33.5. The van der Waals surface area contributed by atoms with Gasteiger partial charge in [0.05, 0.1) is 26.0 Å². The van der Waals surface area contributed by atoms with Crippen LogP contribution in [0.2, 0.25) is 0 Å². The van der Waals surface area contributed by atoms with E-state index in [4.69, 9.17) is 4.74 Å². The summed E-state index contributed by atoms with van der Waals surface area (Å²) in [5, 5.41) is 8.07. The lowest BCUT2D eigenvalue weighted by Crippen LogP contribution is -2.42. The van der Waals surface area contributed by atoms with Gasteiger partial charge in [0.15, 0.2) is 0 Å². The van der Waals surface area contributed by atoms with E-state index in [1.165, 1.54) is 11.9 Å². The highest BCUT2D eigenvalue weighted by Crippen LogP contribution is 2.25. The van der Waals surface area contributed by atoms with Crippen LogP contribution in [0.3, 0.4) is 0 Å². The van der Waals surface area contributed by atoms with Crippen LogP contribution in [0.5, 0.6) is 5.75 Å². The molecule has 0 bridgehead atoms. The summed E-state index contributed by atoms with van der Waals surface area (Å²) in [7, 11) is -2.26. The van der Waals surface area contributed by atoms with Crippen molar-refractivity contribution >= 4 is 10.0 Å². The average Bonchev–Trinajstić information content (AvgIpc) is 2.99. The number of aromatic nitrogens is 3. The molecular weight excluding hydrogens is 316 g/mol. The van der Waals surface area contributed by atoms with Crippen molar-refractivity contribution in [3.8, 4) is 5.75 Å². The molecule has 0 aliphatic carbocycles. The SMILES string of the molecule is COc1ccc(C)cc1S(=O)(=O)N[C@H](Cn1nccn1)C(C)C. The molecule has 0 saturated heterocycles. The lowest BCUT2D eigenvalue weighted by Gasteiger charge is -2.22. The maximum atomic E-state index is 12.8. The number of hydrogen-bond donors (Lipinski definition) is 1. The van der Waals surface area contributed by atoms with Crippen molar-refractivity contribution < 1.29 is 13.2 Å². The summed E-state index contributed by atoms with van der Waals surface area (Å²) in [5.74, 6) is 0.398. The van der Waals surface area contributed by atoms with Gasteiger partial charge in [-0.2, -0.15) is 15.0 Å². The Morgan fingerprint density at radius 2 is 1.91 bits per heavy atom. The quantitative estimate of drug-likeness (QED) is 0.829. The highest BCUT2D eigenvalue weighted by atomic mass is 32.2. The van der Waals surface area contributed by atoms with Crippen LogP contribution in [-0.2, 0) is 16.6 Å². The van der Waals surface area contributed by atoms with Gasteiger partial charge in [-0.1, -0.05) is 19.9 Å². The number of hydrogen-bond acceptors (Lipinski definition) is 5. The van der Waals surface area contributed by atoms with Gasteiger partial charge < -0.3 is 4.74 Å². The molecular formula is C15H22N4O3S. The Morgan fingerprint density at radius 3 is 2.48 bits per heavy atom. The van der Waals surface area contributed by atoms with Gasteiger partial charge in [0.1, 0.15) is 10.6 Å². The molecule has 8 heteroatoms. The van der Waals surface area contributed by atoms with Gasteiger partial charge in [0.25, 0.3) is 0 Å². The summed E-state index contributed by atoms with van der Waals surface area (Å²) in [6.45, 7) is 6.10. The lowest BCUT2D eigenvalue weighted by atomic mass is 10.1. The van der Waals surface area contributed by atoms with Crippen molar-refractivity contribution in [1.29, 1.82) is 0 Å². The first-order valence-corrected chi connectivity index (χ1v) is 8.83. The summed E-state index contributed by atoms with van der Waals surface area (Å²) in [6.07, 6.45) is 3.13. The van der Waals surface area contributed by atoms with E-state index < -0.39 is 10.0 Å². The molecule has 23 heavy (non-hydrogen) atoms. The first-order chi connectivity index (χ1) is 10.8. The molecule has 0 radical (unpaired) electrons. The fourth-order valence-corrected chi connectivity index (χ4v) is 3.78. The van der Waals surface area contributed by atoms with Crippen LogP contribution in [0.15, 0.2) is 35.5 Å². The molecule has 0 aliphatic rings. The smallest absolute Gasteiger partial charge is 0.244 e. The Labute approximate surface area is 136 Å². The second-order valence-electron chi connectivity index (χ2n) is 5.71. The van der Waals surface area contributed by atoms with Crippen LogP contribution in [0.4, 0.5) is 0 Å². The minimum atomic E-state index is -3.72. The molecule has 2 rings (SSSR count).